The van der Waals surface area contributed by atoms with E-state index < -0.39 is 0 Å². The molecule has 4 heteroatoms. The zero-order chi connectivity index (χ0) is 9.68. The summed E-state index contributed by atoms with van der Waals surface area (Å²) in [4.78, 5) is 3.97. The average Bonchev–Trinajstić information content (AvgIpc) is 2.14. The number of nitrogens with zero attached hydrogens (tertiary/aromatic N) is 1. The molecule has 0 aromatic carbocycles. The van der Waals surface area contributed by atoms with Crippen molar-refractivity contribution in [1.29, 1.82) is 0 Å². The van der Waals surface area contributed by atoms with Gasteiger partial charge in [0.25, 0.3) is 0 Å². The van der Waals surface area contributed by atoms with Gasteiger partial charge in [0.2, 0.25) is 0 Å². The third kappa shape index (κ3) is 3.83. The molecule has 1 aromatic rings. The summed E-state index contributed by atoms with van der Waals surface area (Å²) < 4.78 is 6.30. The van der Waals surface area contributed by atoms with Crippen LogP contribution in [-0.2, 0) is 0 Å². The third-order valence-electron chi connectivity index (χ3n) is 1.35. The van der Waals surface area contributed by atoms with E-state index in [0.717, 1.165) is 15.8 Å². The van der Waals surface area contributed by atoms with Gasteiger partial charge >= 0.3 is 0 Å². The summed E-state index contributed by atoms with van der Waals surface area (Å²) in [5.74, 6) is 1.37. The quantitative estimate of drug-likeness (QED) is 0.664. The molecule has 2 nitrogen and oxygen atoms in total. The molecule has 0 aliphatic carbocycles. The third-order valence-corrected chi connectivity index (χ3v) is 2.23. The van der Waals surface area contributed by atoms with Crippen molar-refractivity contribution >= 4 is 28.6 Å². The van der Waals surface area contributed by atoms with E-state index in [1.54, 1.807) is 12.4 Å². The summed E-state index contributed by atoms with van der Waals surface area (Å²) in [6.07, 6.45) is 3.37. The SMILES string of the molecule is C=C(CS)COc1cncc(Br)c1. The summed E-state index contributed by atoms with van der Waals surface area (Å²) in [5.41, 5.74) is 0.948. The highest BCUT2D eigenvalue weighted by Crippen LogP contribution is 2.16. The van der Waals surface area contributed by atoms with Crippen LogP contribution < -0.4 is 4.74 Å². The van der Waals surface area contributed by atoms with Crippen LogP contribution in [0.4, 0.5) is 0 Å². The lowest BCUT2D eigenvalue weighted by atomic mass is 10.4. The van der Waals surface area contributed by atoms with Crippen molar-refractivity contribution in [2.75, 3.05) is 12.4 Å². The van der Waals surface area contributed by atoms with Gasteiger partial charge in [-0.05, 0) is 27.6 Å². The Balaban J connectivity index is 2.50. The first kappa shape index (κ1) is 10.6. The molecule has 70 valence electrons. The molecule has 0 N–H and O–H groups in total. The molecule has 0 radical (unpaired) electrons. The van der Waals surface area contributed by atoms with Crippen LogP contribution in [0.5, 0.6) is 5.75 Å². The molecule has 13 heavy (non-hydrogen) atoms. The minimum Gasteiger partial charge on any atom is -0.488 e. The Morgan fingerprint density at radius 1 is 1.62 bits per heavy atom. The average molecular weight is 260 g/mol. The topological polar surface area (TPSA) is 22.1 Å². The minimum atomic E-state index is 0.488. The van der Waals surface area contributed by atoms with Crippen molar-refractivity contribution in [3.05, 3.63) is 35.1 Å². The van der Waals surface area contributed by atoms with Crippen LogP contribution in [0.25, 0.3) is 0 Å². The number of pyridine rings is 1. The van der Waals surface area contributed by atoms with Gasteiger partial charge in [0, 0.05) is 16.4 Å². The number of ether oxygens (including phenoxy) is 1. The van der Waals surface area contributed by atoms with E-state index in [0.29, 0.717) is 12.4 Å². The van der Waals surface area contributed by atoms with E-state index in [9.17, 15) is 0 Å². The number of hydrogen-bond donors (Lipinski definition) is 1. The van der Waals surface area contributed by atoms with Crippen LogP contribution in [0.1, 0.15) is 0 Å². The lowest BCUT2D eigenvalue weighted by Crippen LogP contribution is -2.01. The Bertz CT molecular complexity index is 303. The van der Waals surface area contributed by atoms with Gasteiger partial charge in [0.1, 0.15) is 12.4 Å². The van der Waals surface area contributed by atoms with E-state index in [4.69, 9.17) is 4.74 Å². The fraction of sp³-hybridized carbons (Fsp3) is 0.222. The Kier molecular flexibility index (Phi) is 4.32. The summed E-state index contributed by atoms with van der Waals surface area (Å²) in [6.45, 7) is 4.26. The predicted molar refractivity (Wildman–Crippen MR) is 60.4 cm³/mol. The highest BCUT2D eigenvalue weighted by molar-refractivity contribution is 9.10. The van der Waals surface area contributed by atoms with E-state index in [-0.39, 0.29) is 0 Å². The van der Waals surface area contributed by atoms with Crippen molar-refractivity contribution in [1.82, 2.24) is 4.98 Å². The Morgan fingerprint density at radius 2 is 2.38 bits per heavy atom. The van der Waals surface area contributed by atoms with Crippen molar-refractivity contribution in [3.63, 3.8) is 0 Å². The summed E-state index contributed by atoms with van der Waals surface area (Å²) >= 11 is 7.38. The maximum atomic E-state index is 5.40. The smallest absolute Gasteiger partial charge is 0.139 e. The molecule has 0 unspecified atom stereocenters. The highest BCUT2D eigenvalue weighted by atomic mass is 79.9. The minimum absolute atomic E-state index is 0.488. The monoisotopic (exact) mass is 259 g/mol. The summed E-state index contributed by atoms with van der Waals surface area (Å²) in [7, 11) is 0. The van der Waals surface area contributed by atoms with Crippen LogP contribution in [0.2, 0.25) is 0 Å². The van der Waals surface area contributed by atoms with Crippen LogP contribution in [0, 0.1) is 0 Å². The lowest BCUT2D eigenvalue weighted by Gasteiger charge is -2.05. The van der Waals surface area contributed by atoms with Crippen molar-refractivity contribution in [3.8, 4) is 5.75 Å². The van der Waals surface area contributed by atoms with Crippen LogP contribution in [0.3, 0.4) is 0 Å². The van der Waals surface area contributed by atoms with Crippen molar-refractivity contribution in [2.45, 2.75) is 0 Å². The number of aromatic nitrogens is 1. The molecule has 0 saturated heterocycles. The second kappa shape index (κ2) is 5.29. The first-order chi connectivity index (χ1) is 6.22. The predicted octanol–water partition coefficient (Wildman–Crippen LogP) is 2.71. The molecule has 0 fully saturated rings. The Labute approximate surface area is 91.6 Å². The molecule has 0 saturated carbocycles. The maximum Gasteiger partial charge on any atom is 0.139 e. The largest absolute Gasteiger partial charge is 0.488 e. The second-order valence-electron chi connectivity index (χ2n) is 2.54. The standard InChI is InChI=1S/C9H10BrNOS/c1-7(6-13)5-12-9-2-8(10)3-11-4-9/h2-4,13H,1,5-6H2. The van der Waals surface area contributed by atoms with Gasteiger partial charge in [0.05, 0.1) is 6.20 Å². The Morgan fingerprint density at radius 3 is 3.00 bits per heavy atom. The van der Waals surface area contributed by atoms with Gasteiger partial charge in [-0.2, -0.15) is 12.6 Å². The maximum absolute atomic E-state index is 5.40. The van der Waals surface area contributed by atoms with Gasteiger partial charge < -0.3 is 4.74 Å². The molecule has 0 spiro atoms. The van der Waals surface area contributed by atoms with Crippen LogP contribution in [0.15, 0.2) is 35.1 Å². The molecule has 1 heterocycles. The van der Waals surface area contributed by atoms with E-state index >= 15 is 0 Å². The van der Waals surface area contributed by atoms with E-state index in [1.165, 1.54) is 0 Å². The molecule has 0 aliphatic heterocycles. The lowest BCUT2D eigenvalue weighted by molar-refractivity contribution is 0.351. The van der Waals surface area contributed by atoms with E-state index in [1.807, 2.05) is 6.07 Å². The van der Waals surface area contributed by atoms with Gasteiger partial charge in [0.15, 0.2) is 0 Å². The fourth-order valence-electron chi connectivity index (χ4n) is 0.702. The first-order valence-corrected chi connectivity index (χ1v) is 5.16. The fourth-order valence-corrected chi connectivity index (χ4v) is 1.14. The molecule has 1 aromatic heterocycles. The zero-order valence-electron chi connectivity index (χ0n) is 7.03. The molecular formula is C9H10BrNOS. The van der Waals surface area contributed by atoms with Gasteiger partial charge in [-0.3, -0.25) is 4.98 Å². The molecule has 0 atom stereocenters. The number of hydrogen-bond acceptors (Lipinski definition) is 3. The highest BCUT2D eigenvalue weighted by Gasteiger charge is 1.96. The molecule has 0 bridgehead atoms. The van der Waals surface area contributed by atoms with Gasteiger partial charge in [-0.1, -0.05) is 6.58 Å². The Hall–Kier alpha value is -0.480. The van der Waals surface area contributed by atoms with Crippen molar-refractivity contribution < 1.29 is 4.74 Å². The summed E-state index contributed by atoms with van der Waals surface area (Å²) in [5, 5.41) is 0. The summed E-state index contributed by atoms with van der Waals surface area (Å²) in [6, 6.07) is 1.86. The molecule has 1 rings (SSSR count). The molecule has 0 aliphatic rings. The van der Waals surface area contributed by atoms with Gasteiger partial charge in [-0.15, -0.1) is 0 Å². The number of thiol groups is 1. The van der Waals surface area contributed by atoms with Crippen LogP contribution >= 0.6 is 28.6 Å². The number of halogens is 1. The van der Waals surface area contributed by atoms with Crippen LogP contribution in [-0.4, -0.2) is 17.3 Å². The normalized spacial score (nSPS) is 9.69. The second-order valence-corrected chi connectivity index (χ2v) is 3.77. The van der Waals surface area contributed by atoms with Crippen molar-refractivity contribution in [2.24, 2.45) is 0 Å². The molecular weight excluding hydrogens is 250 g/mol. The first-order valence-electron chi connectivity index (χ1n) is 3.73. The molecule has 0 amide bonds. The van der Waals surface area contributed by atoms with E-state index in [2.05, 4.69) is 40.1 Å². The number of rotatable bonds is 4. The van der Waals surface area contributed by atoms with Gasteiger partial charge in [-0.25, -0.2) is 0 Å². The zero-order valence-corrected chi connectivity index (χ0v) is 9.51.